The van der Waals surface area contributed by atoms with Crippen LogP contribution in [0.25, 0.3) is 0 Å². The Labute approximate surface area is 88.1 Å². The largest absolute Gasteiger partial charge is 0.378 e. The molecule has 1 aromatic heterocycles. The maximum absolute atomic E-state index is 5.54. The van der Waals surface area contributed by atoms with Crippen LogP contribution in [0.2, 0.25) is 0 Å². The highest BCUT2D eigenvalue weighted by Crippen LogP contribution is 2.25. The summed E-state index contributed by atoms with van der Waals surface area (Å²) in [5, 5.41) is 0. The molecule has 1 atom stereocenters. The SMILES string of the molecule is Cc1ncsc1CCOCC1(C)CO1. The van der Waals surface area contributed by atoms with E-state index in [1.807, 2.05) is 12.4 Å². The van der Waals surface area contributed by atoms with Crippen LogP contribution in [0.1, 0.15) is 17.5 Å². The molecule has 78 valence electrons. The maximum atomic E-state index is 5.54. The fourth-order valence-corrected chi connectivity index (χ4v) is 1.99. The summed E-state index contributed by atoms with van der Waals surface area (Å²) in [4.78, 5) is 5.52. The van der Waals surface area contributed by atoms with Crippen molar-refractivity contribution in [1.29, 1.82) is 0 Å². The molecule has 1 aliphatic heterocycles. The molecule has 1 aromatic rings. The number of nitrogens with zero attached hydrogens (tertiary/aromatic N) is 1. The summed E-state index contributed by atoms with van der Waals surface area (Å²) in [7, 11) is 0. The zero-order valence-corrected chi connectivity index (χ0v) is 9.39. The summed E-state index contributed by atoms with van der Waals surface area (Å²) in [5.74, 6) is 0. The summed E-state index contributed by atoms with van der Waals surface area (Å²) in [5.41, 5.74) is 3.03. The molecule has 1 aliphatic rings. The molecule has 1 fully saturated rings. The topological polar surface area (TPSA) is 34.6 Å². The van der Waals surface area contributed by atoms with Crippen LogP contribution in [-0.4, -0.2) is 30.4 Å². The van der Waals surface area contributed by atoms with Gasteiger partial charge in [0.1, 0.15) is 5.60 Å². The van der Waals surface area contributed by atoms with Gasteiger partial charge in [-0.2, -0.15) is 0 Å². The van der Waals surface area contributed by atoms with Gasteiger partial charge in [0.25, 0.3) is 0 Å². The van der Waals surface area contributed by atoms with E-state index in [1.165, 1.54) is 4.88 Å². The fraction of sp³-hybridized carbons (Fsp3) is 0.700. The van der Waals surface area contributed by atoms with Gasteiger partial charge in [0.15, 0.2) is 0 Å². The lowest BCUT2D eigenvalue weighted by Crippen LogP contribution is -2.15. The minimum absolute atomic E-state index is 0.0166. The second-order valence-electron chi connectivity index (χ2n) is 3.90. The highest BCUT2D eigenvalue weighted by atomic mass is 32.1. The number of thiazole rings is 1. The minimum Gasteiger partial charge on any atom is -0.378 e. The van der Waals surface area contributed by atoms with Gasteiger partial charge in [-0.15, -0.1) is 11.3 Å². The van der Waals surface area contributed by atoms with Crippen LogP contribution in [-0.2, 0) is 15.9 Å². The van der Waals surface area contributed by atoms with Crippen LogP contribution in [0, 0.1) is 6.92 Å². The Bertz CT molecular complexity index is 307. The molecule has 0 amide bonds. The lowest BCUT2D eigenvalue weighted by Gasteiger charge is -2.05. The Balaban J connectivity index is 1.66. The van der Waals surface area contributed by atoms with E-state index in [1.54, 1.807) is 11.3 Å². The second kappa shape index (κ2) is 3.96. The number of rotatable bonds is 5. The average Bonchev–Trinajstić information content (AvgIpc) is 2.74. The molecule has 1 unspecified atom stereocenters. The third-order valence-electron chi connectivity index (χ3n) is 2.36. The summed E-state index contributed by atoms with van der Waals surface area (Å²) < 4.78 is 10.8. The number of hydrogen-bond acceptors (Lipinski definition) is 4. The molecular weight excluding hydrogens is 198 g/mol. The summed E-state index contributed by atoms with van der Waals surface area (Å²) in [6.45, 7) is 6.43. The molecule has 2 rings (SSSR count). The smallest absolute Gasteiger partial charge is 0.112 e. The van der Waals surface area contributed by atoms with Crippen molar-refractivity contribution in [2.75, 3.05) is 19.8 Å². The molecule has 0 N–H and O–H groups in total. The lowest BCUT2D eigenvalue weighted by molar-refractivity contribution is 0.0877. The van der Waals surface area contributed by atoms with Crippen LogP contribution in [0.15, 0.2) is 5.51 Å². The zero-order chi connectivity index (χ0) is 10.0. The van der Waals surface area contributed by atoms with E-state index in [2.05, 4.69) is 11.9 Å². The van der Waals surface area contributed by atoms with Crippen molar-refractivity contribution < 1.29 is 9.47 Å². The van der Waals surface area contributed by atoms with Crippen LogP contribution in [0.3, 0.4) is 0 Å². The van der Waals surface area contributed by atoms with E-state index < -0.39 is 0 Å². The molecule has 0 aliphatic carbocycles. The summed E-state index contributed by atoms with van der Waals surface area (Å²) >= 11 is 1.70. The molecule has 0 bridgehead atoms. The van der Waals surface area contributed by atoms with E-state index in [-0.39, 0.29) is 5.60 Å². The highest BCUT2D eigenvalue weighted by Gasteiger charge is 2.39. The van der Waals surface area contributed by atoms with Crippen molar-refractivity contribution in [2.24, 2.45) is 0 Å². The maximum Gasteiger partial charge on any atom is 0.112 e. The highest BCUT2D eigenvalue weighted by molar-refractivity contribution is 7.09. The van der Waals surface area contributed by atoms with Crippen molar-refractivity contribution in [2.45, 2.75) is 25.9 Å². The van der Waals surface area contributed by atoms with Gasteiger partial charge >= 0.3 is 0 Å². The Hall–Kier alpha value is -0.450. The first kappa shape index (κ1) is 10.1. The Kier molecular flexibility index (Phi) is 2.85. The third kappa shape index (κ3) is 2.53. The molecule has 1 saturated heterocycles. The number of aryl methyl sites for hydroxylation is 1. The van der Waals surface area contributed by atoms with Crippen LogP contribution < -0.4 is 0 Å². The summed E-state index contributed by atoms with van der Waals surface area (Å²) in [6, 6.07) is 0. The molecule has 14 heavy (non-hydrogen) atoms. The van der Waals surface area contributed by atoms with Gasteiger partial charge < -0.3 is 9.47 Å². The molecule has 4 heteroatoms. The first-order valence-corrected chi connectivity index (χ1v) is 5.68. The number of hydrogen-bond donors (Lipinski definition) is 0. The predicted molar refractivity (Wildman–Crippen MR) is 55.7 cm³/mol. The predicted octanol–water partition coefficient (Wildman–Crippen LogP) is 1.80. The van der Waals surface area contributed by atoms with Gasteiger partial charge in [-0.25, -0.2) is 4.98 Å². The van der Waals surface area contributed by atoms with Crippen molar-refractivity contribution >= 4 is 11.3 Å². The van der Waals surface area contributed by atoms with E-state index >= 15 is 0 Å². The van der Waals surface area contributed by atoms with Crippen molar-refractivity contribution in [1.82, 2.24) is 4.98 Å². The quantitative estimate of drug-likeness (QED) is 0.552. The zero-order valence-electron chi connectivity index (χ0n) is 8.58. The van der Waals surface area contributed by atoms with E-state index in [0.29, 0.717) is 6.61 Å². The number of ether oxygens (including phenoxy) is 2. The lowest BCUT2D eigenvalue weighted by atomic mass is 10.2. The van der Waals surface area contributed by atoms with Gasteiger partial charge in [0.2, 0.25) is 0 Å². The minimum atomic E-state index is 0.0166. The average molecular weight is 213 g/mol. The number of epoxide rings is 1. The monoisotopic (exact) mass is 213 g/mol. The molecular formula is C10H15NO2S. The fourth-order valence-electron chi connectivity index (χ4n) is 1.23. The van der Waals surface area contributed by atoms with E-state index in [0.717, 1.165) is 25.3 Å². The van der Waals surface area contributed by atoms with Crippen LogP contribution >= 0.6 is 11.3 Å². The molecule has 0 radical (unpaired) electrons. The van der Waals surface area contributed by atoms with Gasteiger partial charge in [-0.1, -0.05) is 0 Å². The molecule has 0 spiro atoms. The van der Waals surface area contributed by atoms with Gasteiger partial charge in [-0.3, -0.25) is 0 Å². The van der Waals surface area contributed by atoms with Gasteiger partial charge in [0, 0.05) is 11.3 Å². The van der Waals surface area contributed by atoms with Gasteiger partial charge in [-0.05, 0) is 13.8 Å². The van der Waals surface area contributed by atoms with E-state index in [4.69, 9.17) is 9.47 Å². The molecule has 0 saturated carbocycles. The normalized spacial score (nSPS) is 25.3. The van der Waals surface area contributed by atoms with E-state index in [9.17, 15) is 0 Å². The second-order valence-corrected chi connectivity index (χ2v) is 4.84. The number of aromatic nitrogens is 1. The van der Waals surface area contributed by atoms with Crippen LogP contribution in [0.5, 0.6) is 0 Å². The van der Waals surface area contributed by atoms with Crippen LogP contribution in [0.4, 0.5) is 0 Å². The van der Waals surface area contributed by atoms with Crippen molar-refractivity contribution in [3.63, 3.8) is 0 Å². The standard InChI is InChI=1S/C10H15NO2S/c1-8-9(14-7-11-8)3-4-12-5-10(2)6-13-10/h7H,3-6H2,1-2H3. The van der Waals surface area contributed by atoms with Gasteiger partial charge in [0.05, 0.1) is 31.0 Å². The Morgan fingerprint density at radius 2 is 2.50 bits per heavy atom. The van der Waals surface area contributed by atoms with Crippen molar-refractivity contribution in [3.8, 4) is 0 Å². The molecule has 3 nitrogen and oxygen atoms in total. The third-order valence-corrected chi connectivity index (χ3v) is 3.36. The summed E-state index contributed by atoms with van der Waals surface area (Å²) in [6.07, 6.45) is 0.965. The first-order valence-electron chi connectivity index (χ1n) is 4.80. The van der Waals surface area contributed by atoms with Crippen molar-refractivity contribution in [3.05, 3.63) is 16.1 Å². The Morgan fingerprint density at radius 1 is 1.71 bits per heavy atom. The first-order chi connectivity index (χ1) is 6.70. The molecule has 2 heterocycles. The molecule has 0 aromatic carbocycles. The Morgan fingerprint density at radius 3 is 3.07 bits per heavy atom.